The van der Waals surface area contributed by atoms with Crippen LogP contribution < -0.4 is 5.73 Å². The Morgan fingerprint density at radius 2 is 2.54 bits per heavy atom. The van der Waals surface area contributed by atoms with E-state index in [0.717, 1.165) is 16.6 Å². The Morgan fingerprint density at radius 1 is 1.77 bits per heavy atom. The summed E-state index contributed by atoms with van der Waals surface area (Å²) >= 11 is 2.75. The van der Waals surface area contributed by atoms with Gasteiger partial charge in [0, 0.05) is 6.42 Å². The first-order chi connectivity index (χ1) is 6.26. The van der Waals surface area contributed by atoms with E-state index in [0.29, 0.717) is 5.75 Å². The van der Waals surface area contributed by atoms with Crippen LogP contribution in [0.25, 0.3) is 0 Å². The minimum Gasteiger partial charge on any atom is -0.409 e. The third-order valence-corrected chi connectivity index (χ3v) is 3.14. The van der Waals surface area contributed by atoms with Gasteiger partial charge in [0.05, 0.1) is 5.75 Å². The van der Waals surface area contributed by atoms with Crippen LogP contribution in [0.2, 0.25) is 0 Å². The highest BCUT2D eigenvalue weighted by molar-refractivity contribution is 8.01. The number of thioether (sulfide) groups is 1. The van der Waals surface area contributed by atoms with Crippen molar-refractivity contribution in [3.63, 3.8) is 0 Å². The molecule has 0 aromatic carbocycles. The molecular weight excluding hydrogens is 208 g/mol. The fourth-order valence-electron chi connectivity index (χ4n) is 0.605. The molecule has 3 N–H and O–H groups in total. The third-order valence-electron chi connectivity index (χ3n) is 1.24. The van der Waals surface area contributed by atoms with E-state index in [1.807, 2.05) is 6.92 Å². The number of aryl methyl sites for hydroxylation is 1. The van der Waals surface area contributed by atoms with Gasteiger partial charge >= 0.3 is 0 Å². The van der Waals surface area contributed by atoms with E-state index >= 15 is 0 Å². The molecule has 0 bridgehead atoms. The summed E-state index contributed by atoms with van der Waals surface area (Å²) in [6.45, 7) is 2.00. The molecule has 0 aliphatic carbocycles. The second-order valence-corrected chi connectivity index (χ2v) is 4.18. The van der Waals surface area contributed by atoms with Gasteiger partial charge in [-0.25, -0.2) is 4.98 Å². The lowest BCUT2D eigenvalue weighted by Crippen LogP contribution is -2.13. The first kappa shape index (κ1) is 10.3. The molecule has 5 nitrogen and oxygen atoms in total. The Bertz CT molecular complexity index is 299. The summed E-state index contributed by atoms with van der Waals surface area (Å²) < 4.78 is 4.96. The molecule has 13 heavy (non-hydrogen) atoms. The van der Waals surface area contributed by atoms with Crippen LogP contribution in [0.4, 0.5) is 0 Å². The van der Waals surface area contributed by atoms with Crippen molar-refractivity contribution in [2.24, 2.45) is 10.9 Å². The van der Waals surface area contributed by atoms with Crippen molar-refractivity contribution >= 4 is 29.1 Å². The smallest absolute Gasteiger partial charge is 0.170 e. The second kappa shape index (κ2) is 5.03. The number of nitrogens with two attached hydrogens (primary N) is 1. The summed E-state index contributed by atoms with van der Waals surface area (Å²) in [5, 5.41) is 11.1. The Morgan fingerprint density at radius 3 is 3.08 bits per heavy atom. The molecule has 0 aliphatic heterocycles. The summed E-state index contributed by atoms with van der Waals surface area (Å²) in [4.78, 5) is 4.21. The summed E-state index contributed by atoms with van der Waals surface area (Å²) in [5.41, 5.74) is 5.30. The number of hydrogen-bond acceptors (Lipinski definition) is 6. The van der Waals surface area contributed by atoms with Crippen molar-refractivity contribution in [2.75, 3.05) is 5.75 Å². The lowest BCUT2D eigenvalue weighted by Gasteiger charge is -1.92. The zero-order chi connectivity index (χ0) is 9.68. The van der Waals surface area contributed by atoms with E-state index in [2.05, 4.69) is 14.5 Å². The maximum absolute atomic E-state index is 8.28. The van der Waals surface area contributed by atoms with Crippen LogP contribution in [-0.2, 0) is 6.42 Å². The highest BCUT2D eigenvalue weighted by Gasteiger charge is 2.03. The van der Waals surface area contributed by atoms with Crippen LogP contribution >= 0.6 is 23.3 Å². The van der Waals surface area contributed by atoms with Crippen LogP contribution in [0.15, 0.2) is 9.50 Å². The molecule has 0 amide bonds. The van der Waals surface area contributed by atoms with Crippen molar-refractivity contribution in [3.05, 3.63) is 5.82 Å². The minimum absolute atomic E-state index is 0.193. The molecule has 1 heterocycles. The first-order valence-corrected chi connectivity index (χ1v) is 5.44. The summed E-state index contributed by atoms with van der Waals surface area (Å²) in [7, 11) is 0. The highest BCUT2D eigenvalue weighted by Crippen LogP contribution is 2.19. The normalized spacial score (nSPS) is 11.9. The molecule has 0 aliphatic rings. The van der Waals surface area contributed by atoms with E-state index in [-0.39, 0.29) is 5.84 Å². The van der Waals surface area contributed by atoms with Crippen LogP contribution in [0.5, 0.6) is 0 Å². The second-order valence-electron chi connectivity index (χ2n) is 2.21. The topological polar surface area (TPSA) is 84.4 Å². The molecular formula is C6H10N4OS2. The predicted molar refractivity (Wildman–Crippen MR) is 53.4 cm³/mol. The molecule has 7 heteroatoms. The molecule has 0 radical (unpaired) electrons. The molecule has 0 fully saturated rings. The van der Waals surface area contributed by atoms with Gasteiger partial charge in [-0.3, -0.25) is 0 Å². The molecule has 0 unspecified atom stereocenters. The number of aromatic nitrogens is 2. The van der Waals surface area contributed by atoms with Crippen molar-refractivity contribution in [2.45, 2.75) is 17.7 Å². The number of rotatable bonds is 4. The van der Waals surface area contributed by atoms with Gasteiger partial charge in [0.15, 0.2) is 4.34 Å². The summed E-state index contributed by atoms with van der Waals surface area (Å²) in [5.74, 6) is 1.47. The monoisotopic (exact) mass is 218 g/mol. The van der Waals surface area contributed by atoms with Gasteiger partial charge in [-0.2, -0.15) is 4.37 Å². The molecule has 72 valence electrons. The van der Waals surface area contributed by atoms with Gasteiger partial charge in [0.1, 0.15) is 11.7 Å². The highest BCUT2D eigenvalue weighted by atomic mass is 32.2. The Balaban J connectivity index is 2.45. The van der Waals surface area contributed by atoms with Crippen LogP contribution in [0.1, 0.15) is 12.7 Å². The van der Waals surface area contributed by atoms with E-state index in [1.165, 1.54) is 23.3 Å². The molecule has 0 saturated heterocycles. The molecule has 1 aromatic rings. The van der Waals surface area contributed by atoms with Gasteiger partial charge < -0.3 is 10.9 Å². The standard InChI is InChI=1S/C6H10N4OS2/c1-2-5-8-6(13-10-5)12-3-4(7)9-11/h11H,2-3H2,1H3,(H2,7,9). The number of nitrogens with zero attached hydrogens (tertiary/aromatic N) is 3. The predicted octanol–water partition coefficient (Wildman–Crippen LogP) is 0.939. The van der Waals surface area contributed by atoms with E-state index in [1.54, 1.807) is 0 Å². The van der Waals surface area contributed by atoms with Crippen molar-refractivity contribution in [3.8, 4) is 0 Å². The van der Waals surface area contributed by atoms with Crippen molar-refractivity contribution < 1.29 is 5.21 Å². The van der Waals surface area contributed by atoms with Gasteiger partial charge in [0.25, 0.3) is 0 Å². The van der Waals surface area contributed by atoms with Crippen LogP contribution in [0, 0.1) is 0 Å². The Labute approximate surface area is 84.2 Å². The lowest BCUT2D eigenvalue weighted by atomic mass is 10.5. The number of oxime groups is 1. The van der Waals surface area contributed by atoms with Crippen LogP contribution in [-0.4, -0.2) is 26.2 Å². The lowest BCUT2D eigenvalue weighted by molar-refractivity contribution is 0.318. The average Bonchev–Trinajstić information content (AvgIpc) is 2.61. The Kier molecular flexibility index (Phi) is 3.97. The minimum atomic E-state index is 0.193. The summed E-state index contributed by atoms with van der Waals surface area (Å²) in [6, 6.07) is 0. The van der Waals surface area contributed by atoms with Gasteiger partial charge in [-0.05, 0) is 11.5 Å². The van der Waals surface area contributed by atoms with Gasteiger partial charge in [-0.1, -0.05) is 23.8 Å². The largest absolute Gasteiger partial charge is 0.409 e. The van der Waals surface area contributed by atoms with Gasteiger partial charge in [-0.15, -0.1) is 0 Å². The molecule has 0 saturated carbocycles. The van der Waals surface area contributed by atoms with Crippen molar-refractivity contribution in [1.29, 1.82) is 0 Å². The van der Waals surface area contributed by atoms with E-state index in [4.69, 9.17) is 10.9 Å². The maximum atomic E-state index is 8.28. The zero-order valence-corrected chi connectivity index (χ0v) is 8.73. The molecule has 1 rings (SSSR count). The SMILES string of the molecule is CCc1nsc(SCC(N)=NO)n1. The fourth-order valence-corrected chi connectivity index (χ4v) is 2.10. The fraction of sp³-hybridized carbons (Fsp3) is 0.500. The van der Waals surface area contributed by atoms with E-state index < -0.39 is 0 Å². The average molecular weight is 218 g/mol. The number of amidine groups is 1. The Hall–Kier alpha value is -0.820. The van der Waals surface area contributed by atoms with E-state index in [9.17, 15) is 0 Å². The maximum Gasteiger partial charge on any atom is 0.170 e. The third kappa shape index (κ3) is 3.19. The number of hydrogen-bond donors (Lipinski definition) is 2. The van der Waals surface area contributed by atoms with Crippen molar-refractivity contribution in [1.82, 2.24) is 9.36 Å². The quantitative estimate of drug-likeness (QED) is 0.258. The van der Waals surface area contributed by atoms with Crippen LogP contribution in [0.3, 0.4) is 0 Å². The zero-order valence-electron chi connectivity index (χ0n) is 7.10. The summed E-state index contributed by atoms with van der Waals surface area (Å²) in [6.07, 6.45) is 0.834. The molecule has 0 atom stereocenters. The molecule has 0 spiro atoms. The molecule has 1 aromatic heterocycles. The van der Waals surface area contributed by atoms with Gasteiger partial charge in [0.2, 0.25) is 0 Å². The first-order valence-electron chi connectivity index (χ1n) is 3.68.